The second kappa shape index (κ2) is 7.42. The first kappa shape index (κ1) is 15.7. The van der Waals surface area contributed by atoms with Crippen molar-refractivity contribution in [1.82, 2.24) is 20.1 Å². The van der Waals surface area contributed by atoms with Crippen LogP contribution < -0.4 is 10.1 Å². The molecule has 1 N–H and O–H groups in total. The number of ether oxygens (including phenoxy) is 1. The number of para-hydroxylation sites is 1. The molecule has 5 nitrogen and oxygen atoms in total. The molecule has 0 bridgehead atoms. The van der Waals surface area contributed by atoms with Gasteiger partial charge in [-0.2, -0.15) is 5.10 Å². The van der Waals surface area contributed by atoms with Gasteiger partial charge in [0.05, 0.1) is 13.7 Å². The number of benzene rings is 1. The number of hydrogen-bond acceptors (Lipinski definition) is 4. The van der Waals surface area contributed by atoms with Crippen LogP contribution in [-0.2, 0) is 19.4 Å². The van der Waals surface area contributed by atoms with Gasteiger partial charge in [0.25, 0.3) is 0 Å². The van der Waals surface area contributed by atoms with Crippen molar-refractivity contribution >= 4 is 6.08 Å². The van der Waals surface area contributed by atoms with Gasteiger partial charge < -0.3 is 10.1 Å². The maximum Gasteiger partial charge on any atom is 0.150 e. The Morgan fingerprint density at radius 2 is 2.26 bits per heavy atom. The third-order valence-corrected chi connectivity index (χ3v) is 4.18. The summed E-state index contributed by atoms with van der Waals surface area (Å²) in [6.07, 6.45) is 7.27. The van der Waals surface area contributed by atoms with Crippen LogP contribution in [0.1, 0.15) is 30.6 Å². The normalized spacial score (nSPS) is 17.4. The molecule has 0 radical (unpaired) electrons. The maximum atomic E-state index is 5.35. The molecule has 0 spiro atoms. The van der Waals surface area contributed by atoms with E-state index >= 15 is 0 Å². The number of nitrogens with zero attached hydrogens (tertiary/aromatic N) is 3. The minimum absolute atomic E-state index is 0.455. The van der Waals surface area contributed by atoms with Gasteiger partial charge in [0.15, 0.2) is 5.82 Å². The first-order valence-electron chi connectivity index (χ1n) is 8.25. The molecule has 0 saturated carbocycles. The fourth-order valence-electron chi connectivity index (χ4n) is 2.90. The standard InChI is InChI=1S/C18H24N4O/c1-3-17-20-18-11-10-15(13-22(18)21-17)19-12-6-8-14-7-4-5-9-16(14)23-2/h4-9,15,19H,3,10-13H2,1-2H3/b8-6-/t15-/m1/s1. The molecule has 1 aromatic heterocycles. The highest BCUT2D eigenvalue weighted by Gasteiger charge is 2.20. The third-order valence-electron chi connectivity index (χ3n) is 4.18. The van der Waals surface area contributed by atoms with Gasteiger partial charge in [-0.15, -0.1) is 0 Å². The molecule has 0 saturated heterocycles. The summed E-state index contributed by atoms with van der Waals surface area (Å²) in [5.41, 5.74) is 1.10. The van der Waals surface area contributed by atoms with E-state index in [2.05, 4.69) is 45.2 Å². The monoisotopic (exact) mass is 312 g/mol. The zero-order valence-corrected chi connectivity index (χ0v) is 13.8. The summed E-state index contributed by atoms with van der Waals surface area (Å²) in [6, 6.07) is 8.50. The van der Waals surface area contributed by atoms with E-state index in [9.17, 15) is 0 Å². The number of aromatic nitrogens is 3. The van der Waals surface area contributed by atoms with Crippen LogP contribution in [-0.4, -0.2) is 34.5 Å². The van der Waals surface area contributed by atoms with Crippen molar-refractivity contribution < 1.29 is 4.74 Å². The SMILES string of the molecule is CCc1nc2n(n1)C[C@H](NC/C=C\c1ccccc1OC)CC2. The fraction of sp³-hybridized carbons (Fsp3) is 0.444. The molecule has 0 amide bonds. The number of methoxy groups -OCH3 is 1. The Kier molecular flexibility index (Phi) is 5.08. The predicted molar refractivity (Wildman–Crippen MR) is 91.5 cm³/mol. The van der Waals surface area contributed by atoms with E-state index in [1.165, 1.54) is 0 Å². The third kappa shape index (κ3) is 3.79. The second-order valence-corrected chi connectivity index (χ2v) is 5.77. The molecule has 1 aliphatic heterocycles. The van der Waals surface area contributed by atoms with Crippen LogP contribution >= 0.6 is 0 Å². The van der Waals surface area contributed by atoms with E-state index in [0.29, 0.717) is 6.04 Å². The van der Waals surface area contributed by atoms with Gasteiger partial charge in [0, 0.05) is 31.0 Å². The van der Waals surface area contributed by atoms with Crippen molar-refractivity contribution in [1.29, 1.82) is 0 Å². The van der Waals surface area contributed by atoms with E-state index in [1.54, 1.807) is 7.11 Å². The summed E-state index contributed by atoms with van der Waals surface area (Å²) in [7, 11) is 1.70. The summed E-state index contributed by atoms with van der Waals surface area (Å²) >= 11 is 0. The zero-order chi connectivity index (χ0) is 16.1. The molecule has 1 atom stereocenters. The van der Waals surface area contributed by atoms with Crippen molar-refractivity contribution in [3.63, 3.8) is 0 Å². The Morgan fingerprint density at radius 1 is 1.39 bits per heavy atom. The zero-order valence-electron chi connectivity index (χ0n) is 13.8. The Morgan fingerprint density at radius 3 is 3.09 bits per heavy atom. The molecule has 2 heterocycles. The lowest BCUT2D eigenvalue weighted by Crippen LogP contribution is -2.37. The van der Waals surface area contributed by atoms with E-state index in [0.717, 1.165) is 55.3 Å². The van der Waals surface area contributed by atoms with Crippen LogP contribution in [0.4, 0.5) is 0 Å². The minimum Gasteiger partial charge on any atom is -0.496 e. The highest BCUT2D eigenvalue weighted by Crippen LogP contribution is 2.18. The first-order valence-corrected chi connectivity index (χ1v) is 8.25. The molecule has 1 aliphatic rings. The molecule has 122 valence electrons. The Bertz CT molecular complexity index is 677. The van der Waals surface area contributed by atoms with Gasteiger partial charge >= 0.3 is 0 Å². The largest absolute Gasteiger partial charge is 0.496 e. The lowest BCUT2D eigenvalue weighted by molar-refractivity contribution is 0.369. The smallest absolute Gasteiger partial charge is 0.150 e. The molecular weight excluding hydrogens is 288 g/mol. The summed E-state index contributed by atoms with van der Waals surface area (Å²) in [5.74, 6) is 2.99. The molecular formula is C18H24N4O. The van der Waals surface area contributed by atoms with E-state index in [-0.39, 0.29) is 0 Å². The fourth-order valence-corrected chi connectivity index (χ4v) is 2.90. The first-order chi connectivity index (χ1) is 11.3. The highest BCUT2D eigenvalue weighted by molar-refractivity contribution is 5.57. The van der Waals surface area contributed by atoms with Crippen molar-refractivity contribution in [2.24, 2.45) is 0 Å². The molecule has 0 unspecified atom stereocenters. The van der Waals surface area contributed by atoms with Crippen LogP contribution in [0, 0.1) is 0 Å². The Balaban J connectivity index is 1.52. The quantitative estimate of drug-likeness (QED) is 0.890. The summed E-state index contributed by atoms with van der Waals surface area (Å²) in [6.45, 7) is 3.85. The number of rotatable bonds is 6. The van der Waals surface area contributed by atoms with Gasteiger partial charge in [0.2, 0.25) is 0 Å². The van der Waals surface area contributed by atoms with Crippen LogP contribution in [0.3, 0.4) is 0 Å². The minimum atomic E-state index is 0.455. The number of hydrogen-bond donors (Lipinski definition) is 1. The molecule has 0 aliphatic carbocycles. The topological polar surface area (TPSA) is 52.0 Å². The highest BCUT2D eigenvalue weighted by atomic mass is 16.5. The molecule has 2 aromatic rings. The van der Waals surface area contributed by atoms with Crippen molar-refractivity contribution in [2.45, 2.75) is 38.8 Å². The average molecular weight is 312 g/mol. The Hall–Kier alpha value is -2.14. The predicted octanol–water partition coefficient (Wildman–Crippen LogP) is 2.47. The van der Waals surface area contributed by atoms with Crippen molar-refractivity contribution in [2.75, 3.05) is 13.7 Å². The summed E-state index contributed by atoms with van der Waals surface area (Å²) in [5, 5.41) is 8.13. The number of nitrogens with one attached hydrogen (secondary N) is 1. The van der Waals surface area contributed by atoms with E-state index in [4.69, 9.17) is 4.74 Å². The molecule has 23 heavy (non-hydrogen) atoms. The molecule has 0 fully saturated rings. The van der Waals surface area contributed by atoms with Crippen LogP contribution in [0.15, 0.2) is 30.3 Å². The van der Waals surface area contributed by atoms with Gasteiger partial charge in [-0.1, -0.05) is 37.3 Å². The second-order valence-electron chi connectivity index (χ2n) is 5.77. The summed E-state index contributed by atoms with van der Waals surface area (Å²) in [4.78, 5) is 4.56. The Labute approximate surface area is 137 Å². The van der Waals surface area contributed by atoms with Crippen molar-refractivity contribution in [3.8, 4) is 5.75 Å². The van der Waals surface area contributed by atoms with Crippen molar-refractivity contribution in [3.05, 3.63) is 47.6 Å². The van der Waals surface area contributed by atoms with Crippen LogP contribution in [0.5, 0.6) is 5.75 Å². The summed E-state index contributed by atoms with van der Waals surface area (Å²) < 4.78 is 7.41. The lowest BCUT2D eigenvalue weighted by Gasteiger charge is -2.23. The average Bonchev–Trinajstić information content (AvgIpc) is 3.01. The number of aryl methyl sites for hydroxylation is 2. The maximum absolute atomic E-state index is 5.35. The van der Waals surface area contributed by atoms with E-state index < -0.39 is 0 Å². The molecule has 1 aromatic carbocycles. The van der Waals surface area contributed by atoms with Gasteiger partial charge in [-0.3, -0.25) is 0 Å². The van der Waals surface area contributed by atoms with Gasteiger partial charge in [0.1, 0.15) is 11.6 Å². The van der Waals surface area contributed by atoms with Gasteiger partial charge in [-0.25, -0.2) is 9.67 Å². The van der Waals surface area contributed by atoms with Gasteiger partial charge in [-0.05, 0) is 12.5 Å². The van der Waals surface area contributed by atoms with E-state index in [1.807, 2.05) is 18.2 Å². The van der Waals surface area contributed by atoms with Crippen LogP contribution in [0.25, 0.3) is 6.08 Å². The molecule has 5 heteroatoms. The van der Waals surface area contributed by atoms with Crippen LogP contribution in [0.2, 0.25) is 0 Å². The number of fused-ring (bicyclic) bond motifs is 1. The molecule has 3 rings (SSSR count). The lowest BCUT2D eigenvalue weighted by atomic mass is 10.1.